The number of aromatic amines is 1. The fraction of sp³-hybridized carbons (Fsp3) is 0.235. The fourth-order valence-electron chi connectivity index (χ4n) is 2.28. The second-order valence-electron chi connectivity index (χ2n) is 4.83. The first-order valence-electron chi connectivity index (χ1n) is 7.05. The molecule has 0 radical (unpaired) electrons. The topological polar surface area (TPSA) is 47.1 Å². The van der Waals surface area contributed by atoms with E-state index in [-0.39, 0.29) is 6.10 Å². The summed E-state index contributed by atoms with van der Waals surface area (Å²) >= 11 is 0. The largest absolute Gasteiger partial charge is 0.497 e. The second kappa shape index (κ2) is 5.87. The fourth-order valence-corrected chi connectivity index (χ4v) is 2.28. The summed E-state index contributed by atoms with van der Waals surface area (Å²) < 4.78 is 11.2. The van der Waals surface area contributed by atoms with Gasteiger partial charge < -0.3 is 14.5 Å². The van der Waals surface area contributed by atoms with E-state index in [1.807, 2.05) is 48.5 Å². The van der Waals surface area contributed by atoms with Gasteiger partial charge in [-0.3, -0.25) is 0 Å². The summed E-state index contributed by atoms with van der Waals surface area (Å²) in [4.78, 5) is 7.94. The molecule has 3 aromatic rings. The molecule has 1 aromatic heterocycles. The van der Waals surface area contributed by atoms with Gasteiger partial charge in [0.05, 0.1) is 18.1 Å². The van der Waals surface area contributed by atoms with Crippen molar-refractivity contribution in [2.45, 2.75) is 19.4 Å². The molecule has 1 N–H and O–H groups in total. The van der Waals surface area contributed by atoms with Crippen LogP contribution < -0.4 is 9.47 Å². The number of imidazole rings is 1. The number of nitrogens with zero attached hydrogens (tertiary/aromatic N) is 1. The monoisotopic (exact) mass is 282 g/mol. The molecule has 0 fully saturated rings. The summed E-state index contributed by atoms with van der Waals surface area (Å²) in [6.45, 7) is 2.08. The van der Waals surface area contributed by atoms with Crippen LogP contribution in [0.5, 0.6) is 11.5 Å². The lowest BCUT2D eigenvalue weighted by molar-refractivity contribution is 0.192. The number of hydrogen-bond acceptors (Lipinski definition) is 3. The molecule has 2 aromatic carbocycles. The third kappa shape index (κ3) is 2.84. The van der Waals surface area contributed by atoms with Crippen LogP contribution in [0.25, 0.3) is 11.0 Å². The number of nitrogens with one attached hydrogen (secondary N) is 1. The molecule has 4 heteroatoms. The van der Waals surface area contributed by atoms with Crippen molar-refractivity contribution in [2.24, 2.45) is 0 Å². The number of H-pyrrole nitrogens is 1. The number of fused-ring (bicyclic) bond motifs is 1. The van der Waals surface area contributed by atoms with E-state index in [0.29, 0.717) is 0 Å². The number of ether oxygens (including phenoxy) is 2. The Kier molecular flexibility index (Phi) is 3.77. The molecule has 1 atom stereocenters. The highest BCUT2D eigenvalue weighted by Gasteiger charge is 2.15. The highest BCUT2D eigenvalue weighted by Crippen LogP contribution is 2.26. The molecule has 0 amide bonds. The zero-order chi connectivity index (χ0) is 14.7. The predicted molar refractivity (Wildman–Crippen MR) is 82.7 cm³/mol. The van der Waals surface area contributed by atoms with Gasteiger partial charge in [-0.25, -0.2) is 4.98 Å². The SMILES string of the molecule is CC[C@@H](Oc1ccc(OC)cc1)c1nc2ccccc2[nH]1. The van der Waals surface area contributed by atoms with Crippen molar-refractivity contribution in [3.63, 3.8) is 0 Å². The van der Waals surface area contributed by atoms with Gasteiger partial charge in [0.15, 0.2) is 6.10 Å². The van der Waals surface area contributed by atoms with Gasteiger partial charge in [0.1, 0.15) is 17.3 Å². The Bertz CT molecular complexity index is 686. The summed E-state index contributed by atoms with van der Waals surface area (Å²) in [6, 6.07) is 15.6. The Balaban J connectivity index is 1.83. The Morgan fingerprint density at radius 2 is 1.76 bits per heavy atom. The third-order valence-corrected chi connectivity index (χ3v) is 3.42. The summed E-state index contributed by atoms with van der Waals surface area (Å²) in [6.07, 6.45) is 0.747. The van der Waals surface area contributed by atoms with Crippen molar-refractivity contribution < 1.29 is 9.47 Å². The third-order valence-electron chi connectivity index (χ3n) is 3.42. The maximum absolute atomic E-state index is 6.03. The molecular weight excluding hydrogens is 264 g/mol. The Hall–Kier alpha value is -2.49. The van der Waals surface area contributed by atoms with Crippen LogP contribution in [0.4, 0.5) is 0 Å². The van der Waals surface area contributed by atoms with E-state index in [0.717, 1.165) is 34.8 Å². The summed E-state index contributed by atoms with van der Waals surface area (Å²) in [7, 11) is 1.65. The highest BCUT2D eigenvalue weighted by atomic mass is 16.5. The summed E-state index contributed by atoms with van der Waals surface area (Å²) in [5.41, 5.74) is 1.99. The van der Waals surface area contributed by atoms with Crippen LogP contribution in [-0.2, 0) is 0 Å². The number of benzene rings is 2. The maximum Gasteiger partial charge on any atom is 0.156 e. The molecular formula is C17H18N2O2. The molecule has 108 valence electrons. The zero-order valence-corrected chi connectivity index (χ0v) is 12.2. The van der Waals surface area contributed by atoms with Crippen LogP contribution >= 0.6 is 0 Å². The Labute approximate surface area is 123 Å². The van der Waals surface area contributed by atoms with E-state index in [1.165, 1.54) is 0 Å². The number of methoxy groups -OCH3 is 1. The first kappa shape index (κ1) is 13.5. The van der Waals surface area contributed by atoms with Crippen LogP contribution in [0, 0.1) is 0 Å². The average molecular weight is 282 g/mol. The normalized spacial score (nSPS) is 12.3. The maximum atomic E-state index is 6.03. The predicted octanol–water partition coefficient (Wildman–Crippen LogP) is 4.10. The van der Waals surface area contributed by atoms with Crippen LogP contribution in [0.15, 0.2) is 48.5 Å². The van der Waals surface area contributed by atoms with Crippen molar-refractivity contribution >= 4 is 11.0 Å². The average Bonchev–Trinajstić information content (AvgIpc) is 2.97. The van der Waals surface area contributed by atoms with Gasteiger partial charge in [-0.1, -0.05) is 19.1 Å². The standard InChI is InChI=1S/C17H18N2O2/c1-3-16(21-13-10-8-12(20-2)9-11-13)17-18-14-6-4-5-7-15(14)19-17/h4-11,16H,3H2,1-2H3,(H,18,19)/t16-/m1/s1. The Morgan fingerprint density at radius 3 is 2.43 bits per heavy atom. The number of aromatic nitrogens is 2. The van der Waals surface area contributed by atoms with Crippen molar-refractivity contribution in [3.8, 4) is 11.5 Å². The van der Waals surface area contributed by atoms with E-state index in [9.17, 15) is 0 Å². The quantitative estimate of drug-likeness (QED) is 0.766. The molecule has 0 saturated carbocycles. The van der Waals surface area contributed by atoms with E-state index in [4.69, 9.17) is 9.47 Å². The number of rotatable bonds is 5. The minimum absolute atomic E-state index is 0.0919. The molecule has 3 rings (SSSR count). The van der Waals surface area contributed by atoms with E-state index in [2.05, 4.69) is 16.9 Å². The van der Waals surface area contributed by atoms with Gasteiger partial charge in [0.2, 0.25) is 0 Å². The minimum Gasteiger partial charge on any atom is -0.497 e. The molecule has 0 saturated heterocycles. The minimum atomic E-state index is -0.0919. The van der Waals surface area contributed by atoms with Gasteiger partial charge >= 0.3 is 0 Å². The first-order chi connectivity index (χ1) is 10.3. The molecule has 1 heterocycles. The van der Waals surface area contributed by atoms with E-state index < -0.39 is 0 Å². The zero-order valence-electron chi connectivity index (χ0n) is 12.2. The van der Waals surface area contributed by atoms with Gasteiger partial charge in [0, 0.05) is 0 Å². The lowest BCUT2D eigenvalue weighted by atomic mass is 10.2. The smallest absolute Gasteiger partial charge is 0.156 e. The lowest BCUT2D eigenvalue weighted by Crippen LogP contribution is -2.08. The van der Waals surface area contributed by atoms with Crippen molar-refractivity contribution in [1.29, 1.82) is 0 Å². The van der Waals surface area contributed by atoms with E-state index in [1.54, 1.807) is 7.11 Å². The summed E-state index contributed by atoms with van der Waals surface area (Å²) in [5.74, 6) is 2.48. The van der Waals surface area contributed by atoms with Crippen molar-refractivity contribution in [3.05, 3.63) is 54.4 Å². The molecule has 0 aliphatic heterocycles. The van der Waals surface area contributed by atoms with Gasteiger partial charge in [-0.05, 0) is 42.8 Å². The number of para-hydroxylation sites is 2. The van der Waals surface area contributed by atoms with Crippen LogP contribution in [0.1, 0.15) is 25.3 Å². The summed E-state index contributed by atoms with van der Waals surface area (Å²) in [5, 5.41) is 0. The molecule has 0 aliphatic rings. The van der Waals surface area contributed by atoms with Gasteiger partial charge in [-0.2, -0.15) is 0 Å². The van der Waals surface area contributed by atoms with Crippen LogP contribution in [0.3, 0.4) is 0 Å². The van der Waals surface area contributed by atoms with Crippen LogP contribution in [-0.4, -0.2) is 17.1 Å². The highest BCUT2D eigenvalue weighted by molar-refractivity contribution is 5.74. The molecule has 21 heavy (non-hydrogen) atoms. The van der Waals surface area contributed by atoms with Gasteiger partial charge in [-0.15, -0.1) is 0 Å². The second-order valence-corrected chi connectivity index (χ2v) is 4.83. The Morgan fingerprint density at radius 1 is 1.05 bits per heavy atom. The lowest BCUT2D eigenvalue weighted by Gasteiger charge is -2.15. The molecule has 0 spiro atoms. The van der Waals surface area contributed by atoms with Crippen molar-refractivity contribution in [2.75, 3.05) is 7.11 Å². The molecule has 0 bridgehead atoms. The first-order valence-corrected chi connectivity index (χ1v) is 7.05. The molecule has 0 aliphatic carbocycles. The van der Waals surface area contributed by atoms with Crippen LogP contribution in [0.2, 0.25) is 0 Å². The molecule has 0 unspecified atom stereocenters. The number of hydrogen-bond donors (Lipinski definition) is 1. The van der Waals surface area contributed by atoms with E-state index >= 15 is 0 Å². The van der Waals surface area contributed by atoms with Gasteiger partial charge in [0.25, 0.3) is 0 Å². The molecule has 4 nitrogen and oxygen atoms in total. The van der Waals surface area contributed by atoms with Crippen molar-refractivity contribution in [1.82, 2.24) is 9.97 Å².